The molecule has 1 aromatic rings. The van der Waals surface area contributed by atoms with E-state index in [0.29, 0.717) is 11.8 Å². The third kappa shape index (κ3) is 2.38. The van der Waals surface area contributed by atoms with E-state index in [-0.39, 0.29) is 0 Å². The van der Waals surface area contributed by atoms with E-state index in [1.807, 2.05) is 0 Å². The molecule has 0 spiro atoms. The summed E-state index contributed by atoms with van der Waals surface area (Å²) in [4.78, 5) is 0. The summed E-state index contributed by atoms with van der Waals surface area (Å²) in [6.45, 7) is 10.2. The van der Waals surface area contributed by atoms with Crippen LogP contribution in [0.2, 0.25) is 0 Å². The van der Waals surface area contributed by atoms with Crippen molar-refractivity contribution in [1.29, 1.82) is 0 Å². The molecule has 0 fully saturated rings. The Morgan fingerprint density at radius 1 is 1.06 bits per heavy atom. The fourth-order valence-corrected chi connectivity index (χ4v) is 2.58. The maximum Gasteiger partial charge on any atom is 0.0419 e. The predicted molar refractivity (Wildman–Crippen MR) is 76.5 cm³/mol. The Balaban J connectivity index is 2.61. The number of rotatable bonds is 2. The third-order valence-electron chi connectivity index (χ3n) is 3.45. The lowest BCUT2D eigenvalue weighted by molar-refractivity contribution is 0.829. The van der Waals surface area contributed by atoms with Crippen molar-refractivity contribution < 1.29 is 0 Å². The Hall–Kier alpha value is -1.24. The highest BCUT2D eigenvalue weighted by molar-refractivity contribution is 5.81. The summed E-state index contributed by atoms with van der Waals surface area (Å²) in [6, 6.07) is 6.65. The average molecular weight is 229 g/mol. The zero-order valence-electron chi connectivity index (χ0n) is 11.4. The van der Waals surface area contributed by atoms with Crippen molar-refractivity contribution in [1.82, 2.24) is 0 Å². The number of benzene rings is 1. The zero-order chi connectivity index (χ0) is 12.4. The Morgan fingerprint density at radius 2 is 1.82 bits per heavy atom. The molecule has 2 rings (SSSR count). The van der Waals surface area contributed by atoms with Gasteiger partial charge in [0.25, 0.3) is 0 Å². The Labute approximate surface area is 105 Å². The van der Waals surface area contributed by atoms with Crippen LogP contribution in [0, 0.1) is 5.92 Å². The molecule has 0 saturated carbocycles. The molecule has 0 bridgehead atoms. The van der Waals surface area contributed by atoms with Gasteiger partial charge in [-0.05, 0) is 35.5 Å². The van der Waals surface area contributed by atoms with Crippen molar-refractivity contribution in [2.75, 3.05) is 11.9 Å². The molecule has 0 aromatic heterocycles. The van der Waals surface area contributed by atoms with Gasteiger partial charge < -0.3 is 5.32 Å². The zero-order valence-corrected chi connectivity index (χ0v) is 11.4. The molecule has 1 N–H and O–H groups in total. The van der Waals surface area contributed by atoms with Gasteiger partial charge in [0.05, 0.1) is 0 Å². The monoisotopic (exact) mass is 229 g/mol. The van der Waals surface area contributed by atoms with E-state index in [1.165, 1.54) is 22.4 Å². The smallest absolute Gasteiger partial charge is 0.0419 e. The van der Waals surface area contributed by atoms with Gasteiger partial charge in [-0.15, -0.1) is 0 Å². The van der Waals surface area contributed by atoms with Crippen LogP contribution in [0.15, 0.2) is 24.3 Å². The highest BCUT2D eigenvalue weighted by Gasteiger charge is 2.18. The van der Waals surface area contributed by atoms with Crippen LogP contribution < -0.4 is 5.32 Å². The highest BCUT2D eigenvalue weighted by atomic mass is 14.9. The van der Waals surface area contributed by atoms with E-state index in [4.69, 9.17) is 0 Å². The highest BCUT2D eigenvalue weighted by Crippen LogP contribution is 2.37. The molecule has 17 heavy (non-hydrogen) atoms. The minimum atomic E-state index is 0.576. The summed E-state index contributed by atoms with van der Waals surface area (Å²) in [5.74, 6) is 1.17. The molecule has 92 valence electrons. The standard InChI is InChI=1S/C16H23N/c1-11(2)13-7-5-9-15-16(13)14(12(3)4)8-6-10-17-15/h5,7-9,11-12,17H,6,10H2,1-4H3. The van der Waals surface area contributed by atoms with E-state index in [2.05, 4.69) is 57.3 Å². The Bertz CT molecular complexity index is 427. The van der Waals surface area contributed by atoms with Gasteiger partial charge in [0.1, 0.15) is 0 Å². The molecule has 1 heteroatoms. The average Bonchev–Trinajstić information content (AvgIpc) is 2.50. The lowest BCUT2D eigenvalue weighted by atomic mass is 9.86. The lowest BCUT2D eigenvalue weighted by Crippen LogP contribution is -2.05. The summed E-state index contributed by atoms with van der Waals surface area (Å²) in [5.41, 5.74) is 5.75. The van der Waals surface area contributed by atoms with Gasteiger partial charge in [-0.1, -0.05) is 45.9 Å². The van der Waals surface area contributed by atoms with Gasteiger partial charge in [0.2, 0.25) is 0 Å². The van der Waals surface area contributed by atoms with E-state index >= 15 is 0 Å². The summed E-state index contributed by atoms with van der Waals surface area (Å²) < 4.78 is 0. The minimum Gasteiger partial charge on any atom is -0.384 e. The fourth-order valence-electron chi connectivity index (χ4n) is 2.58. The molecule has 1 aromatic carbocycles. The largest absolute Gasteiger partial charge is 0.384 e. The third-order valence-corrected chi connectivity index (χ3v) is 3.45. The number of nitrogens with one attached hydrogen (secondary N) is 1. The number of allylic oxidation sites excluding steroid dienone is 1. The van der Waals surface area contributed by atoms with Crippen LogP contribution in [0.3, 0.4) is 0 Å². The molecule has 0 unspecified atom stereocenters. The molecule has 0 aliphatic carbocycles. The number of fused-ring (bicyclic) bond motifs is 1. The first-order chi connectivity index (χ1) is 8.11. The van der Waals surface area contributed by atoms with Gasteiger partial charge in [0, 0.05) is 17.8 Å². The number of hydrogen-bond acceptors (Lipinski definition) is 1. The molecule has 0 saturated heterocycles. The van der Waals surface area contributed by atoms with Crippen LogP contribution in [0.5, 0.6) is 0 Å². The Kier molecular flexibility index (Phi) is 3.56. The van der Waals surface area contributed by atoms with Crippen molar-refractivity contribution in [2.45, 2.75) is 40.0 Å². The second kappa shape index (κ2) is 4.95. The van der Waals surface area contributed by atoms with Gasteiger partial charge in [-0.2, -0.15) is 0 Å². The van der Waals surface area contributed by atoms with Gasteiger partial charge in [0.15, 0.2) is 0 Å². The van der Waals surface area contributed by atoms with E-state index in [1.54, 1.807) is 0 Å². The van der Waals surface area contributed by atoms with Crippen molar-refractivity contribution in [2.24, 2.45) is 5.92 Å². The van der Waals surface area contributed by atoms with Gasteiger partial charge >= 0.3 is 0 Å². The molecule has 1 nitrogen and oxygen atoms in total. The quantitative estimate of drug-likeness (QED) is 0.777. The van der Waals surface area contributed by atoms with E-state index in [9.17, 15) is 0 Å². The van der Waals surface area contributed by atoms with Crippen molar-refractivity contribution in [3.05, 3.63) is 35.4 Å². The second-order valence-corrected chi connectivity index (χ2v) is 5.45. The molecular weight excluding hydrogens is 206 g/mol. The first-order valence-corrected chi connectivity index (χ1v) is 6.68. The maximum absolute atomic E-state index is 3.55. The van der Waals surface area contributed by atoms with E-state index < -0.39 is 0 Å². The van der Waals surface area contributed by atoms with Gasteiger partial charge in [-0.25, -0.2) is 0 Å². The summed E-state index contributed by atoms with van der Waals surface area (Å²) in [6.07, 6.45) is 3.54. The lowest BCUT2D eigenvalue weighted by Gasteiger charge is -2.20. The van der Waals surface area contributed by atoms with Gasteiger partial charge in [-0.3, -0.25) is 0 Å². The molecule has 1 aliphatic heterocycles. The molecule has 0 radical (unpaired) electrons. The first-order valence-electron chi connectivity index (χ1n) is 6.68. The van der Waals surface area contributed by atoms with Crippen LogP contribution in [-0.2, 0) is 0 Å². The minimum absolute atomic E-state index is 0.576. The van der Waals surface area contributed by atoms with Crippen LogP contribution in [0.4, 0.5) is 5.69 Å². The van der Waals surface area contributed by atoms with Crippen molar-refractivity contribution in [3.63, 3.8) is 0 Å². The number of anilines is 1. The summed E-state index contributed by atoms with van der Waals surface area (Å²) in [7, 11) is 0. The normalized spacial score (nSPS) is 15.3. The first kappa shape index (κ1) is 12.2. The number of hydrogen-bond donors (Lipinski definition) is 1. The molecular formula is C16H23N. The van der Waals surface area contributed by atoms with Crippen LogP contribution in [0.1, 0.15) is 51.2 Å². The maximum atomic E-state index is 3.55. The molecule has 0 atom stereocenters. The predicted octanol–water partition coefficient (Wildman–Crippen LogP) is 4.67. The van der Waals surface area contributed by atoms with Crippen molar-refractivity contribution in [3.8, 4) is 0 Å². The fraction of sp³-hybridized carbons (Fsp3) is 0.500. The second-order valence-electron chi connectivity index (χ2n) is 5.45. The SMILES string of the molecule is CC(C)C1=CCCNc2cccc(C(C)C)c21. The van der Waals surface area contributed by atoms with Crippen LogP contribution >= 0.6 is 0 Å². The molecule has 1 heterocycles. The summed E-state index contributed by atoms with van der Waals surface area (Å²) in [5, 5.41) is 3.55. The van der Waals surface area contributed by atoms with Crippen LogP contribution in [0.25, 0.3) is 5.57 Å². The van der Waals surface area contributed by atoms with E-state index in [0.717, 1.165) is 13.0 Å². The molecule has 0 amide bonds. The Morgan fingerprint density at radius 3 is 2.47 bits per heavy atom. The summed E-state index contributed by atoms with van der Waals surface area (Å²) >= 11 is 0. The topological polar surface area (TPSA) is 12.0 Å². The molecule has 1 aliphatic rings. The van der Waals surface area contributed by atoms with Crippen LogP contribution in [-0.4, -0.2) is 6.54 Å². The van der Waals surface area contributed by atoms with Crippen molar-refractivity contribution >= 4 is 11.3 Å².